The van der Waals surface area contributed by atoms with Crippen LogP contribution in [0.5, 0.6) is 5.75 Å². The zero-order valence-electron chi connectivity index (χ0n) is 15.3. The summed E-state index contributed by atoms with van der Waals surface area (Å²) in [6.45, 7) is 3.56. The lowest BCUT2D eigenvalue weighted by Crippen LogP contribution is -2.29. The molecule has 1 fully saturated rings. The van der Waals surface area contributed by atoms with E-state index in [0.717, 1.165) is 12.8 Å². The fourth-order valence-electron chi connectivity index (χ4n) is 3.09. The van der Waals surface area contributed by atoms with E-state index >= 15 is 0 Å². The zero-order chi connectivity index (χ0) is 19.3. The molecule has 0 aromatic heterocycles. The SMILES string of the molecule is CCOc1ccccc1C(=O)Nc1ccc(CS(=O)(=O)N2CCCC2)cc1. The summed E-state index contributed by atoms with van der Waals surface area (Å²) >= 11 is 0. The Morgan fingerprint density at radius 1 is 1.07 bits per heavy atom. The quantitative estimate of drug-likeness (QED) is 0.790. The summed E-state index contributed by atoms with van der Waals surface area (Å²) in [5.41, 5.74) is 1.77. The first-order valence-corrected chi connectivity index (χ1v) is 10.7. The van der Waals surface area contributed by atoms with Crippen molar-refractivity contribution in [3.8, 4) is 5.75 Å². The van der Waals surface area contributed by atoms with Crippen molar-refractivity contribution in [2.75, 3.05) is 25.0 Å². The molecule has 0 radical (unpaired) electrons. The van der Waals surface area contributed by atoms with Gasteiger partial charge < -0.3 is 10.1 Å². The Labute approximate surface area is 160 Å². The van der Waals surface area contributed by atoms with Crippen LogP contribution in [0, 0.1) is 0 Å². The Balaban J connectivity index is 1.66. The van der Waals surface area contributed by atoms with Gasteiger partial charge in [-0.05, 0) is 49.6 Å². The number of ether oxygens (including phenoxy) is 1. The molecule has 0 aliphatic carbocycles. The summed E-state index contributed by atoms with van der Waals surface area (Å²) in [6.07, 6.45) is 1.85. The van der Waals surface area contributed by atoms with Gasteiger partial charge in [0, 0.05) is 18.8 Å². The molecule has 2 aromatic rings. The van der Waals surface area contributed by atoms with Crippen molar-refractivity contribution in [1.29, 1.82) is 0 Å². The highest BCUT2D eigenvalue weighted by Crippen LogP contribution is 2.21. The van der Waals surface area contributed by atoms with Gasteiger partial charge in [-0.3, -0.25) is 4.79 Å². The largest absolute Gasteiger partial charge is 0.493 e. The van der Waals surface area contributed by atoms with E-state index in [0.29, 0.717) is 42.3 Å². The fourth-order valence-corrected chi connectivity index (χ4v) is 4.70. The average molecular weight is 388 g/mol. The van der Waals surface area contributed by atoms with Gasteiger partial charge in [0.1, 0.15) is 5.75 Å². The van der Waals surface area contributed by atoms with Crippen molar-refractivity contribution in [3.63, 3.8) is 0 Å². The molecule has 27 heavy (non-hydrogen) atoms. The molecule has 6 nitrogen and oxygen atoms in total. The van der Waals surface area contributed by atoms with E-state index in [4.69, 9.17) is 4.74 Å². The number of benzene rings is 2. The van der Waals surface area contributed by atoms with Crippen molar-refractivity contribution in [2.24, 2.45) is 0 Å². The standard InChI is InChI=1S/C20H24N2O4S/c1-2-26-19-8-4-3-7-18(19)20(23)21-17-11-9-16(10-12-17)15-27(24,25)22-13-5-6-14-22/h3-4,7-12H,2,5-6,13-15H2,1H3,(H,21,23). The van der Waals surface area contributed by atoms with Gasteiger partial charge in [0.2, 0.25) is 10.0 Å². The third-order valence-corrected chi connectivity index (χ3v) is 6.30. The highest BCUT2D eigenvalue weighted by Gasteiger charge is 2.25. The number of nitrogens with one attached hydrogen (secondary N) is 1. The molecule has 0 spiro atoms. The molecule has 1 heterocycles. The average Bonchev–Trinajstić information content (AvgIpc) is 3.20. The number of anilines is 1. The molecule has 0 bridgehead atoms. The lowest BCUT2D eigenvalue weighted by Gasteiger charge is -2.15. The second-order valence-electron chi connectivity index (χ2n) is 6.44. The highest BCUT2D eigenvalue weighted by atomic mass is 32.2. The molecule has 1 saturated heterocycles. The Hall–Kier alpha value is -2.38. The summed E-state index contributed by atoms with van der Waals surface area (Å²) in [7, 11) is -3.27. The highest BCUT2D eigenvalue weighted by molar-refractivity contribution is 7.88. The minimum Gasteiger partial charge on any atom is -0.493 e. The molecule has 0 atom stereocenters. The van der Waals surface area contributed by atoms with Crippen LogP contribution in [-0.4, -0.2) is 38.3 Å². The van der Waals surface area contributed by atoms with Crippen LogP contribution in [0.25, 0.3) is 0 Å². The zero-order valence-corrected chi connectivity index (χ0v) is 16.2. The summed E-state index contributed by atoms with van der Waals surface area (Å²) < 4.78 is 31.8. The van der Waals surface area contributed by atoms with Crippen LogP contribution in [-0.2, 0) is 15.8 Å². The van der Waals surface area contributed by atoms with Gasteiger partial charge in [0.05, 0.1) is 17.9 Å². The van der Waals surface area contributed by atoms with E-state index in [2.05, 4.69) is 5.32 Å². The fraction of sp³-hybridized carbons (Fsp3) is 0.350. The maximum absolute atomic E-state index is 12.5. The van der Waals surface area contributed by atoms with Crippen LogP contribution in [0.15, 0.2) is 48.5 Å². The van der Waals surface area contributed by atoms with Crippen molar-refractivity contribution >= 4 is 21.6 Å². The lowest BCUT2D eigenvalue weighted by atomic mass is 10.1. The van der Waals surface area contributed by atoms with Crippen LogP contribution in [0.2, 0.25) is 0 Å². The Bertz CT molecular complexity index is 888. The van der Waals surface area contributed by atoms with Gasteiger partial charge in [-0.1, -0.05) is 24.3 Å². The molecule has 0 unspecified atom stereocenters. The Morgan fingerprint density at radius 2 is 1.74 bits per heavy atom. The molecule has 1 N–H and O–H groups in total. The monoisotopic (exact) mass is 388 g/mol. The number of carbonyl (C=O) groups is 1. The van der Waals surface area contributed by atoms with E-state index in [9.17, 15) is 13.2 Å². The number of hydrogen-bond donors (Lipinski definition) is 1. The molecular weight excluding hydrogens is 364 g/mol. The predicted molar refractivity (Wildman–Crippen MR) is 105 cm³/mol. The second kappa shape index (κ2) is 8.54. The first-order chi connectivity index (χ1) is 13.0. The summed E-state index contributed by atoms with van der Waals surface area (Å²) in [5.74, 6) is 0.247. The minimum absolute atomic E-state index is 0.0194. The first-order valence-electron chi connectivity index (χ1n) is 9.09. The number of nitrogens with zero attached hydrogens (tertiary/aromatic N) is 1. The summed E-state index contributed by atoms with van der Waals surface area (Å²) in [4.78, 5) is 12.5. The number of hydrogen-bond acceptors (Lipinski definition) is 4. The molecule has 3 rings (SSSR count). The van der Waals surface area contributed by atoms with E-state index in [1.807, 2.05) is 13.0 Å². The maximum Gasteiger partial charge on any atom is 0.259 e. The molecular formula is C20H24N2O4S. The number of carbonyl (C=O) groups excluding carboxylic acids is 1. The number of amides is 1. The molecule has 1 amide bonds. The second-order valence-corrected chi connectivity index (χ2v) is 8.41. The summed E-state index contributed by atoms with van der Waals surface area (Å²) in [6, 6.07) is 14.0. The van der Waals surface area contributed by atoms with Crippen molar-refractivity contribution in [3.05, 3.63) is 59.7 Å². The van der Waals surface area contributed by atoms with Gasteiger partial charge in [0.25, 0.3) is 5.91 Å². The number of sulfonamides is 1. The summed E-state index contributed by atoms with van der Waals surface area (Å²) in [5, 5.41) is 2.82. The van der Waals surface area contributed by atoms with Gasteiger partial charge in [-0.15, -0.1) is 0 Å². The minimum atomic E-state index is -3.27. The predicted octanol–water partition coefficient (Wildman–Crippen LogP) is 3.26. The van der Waals surface area contributed by atoms with Crippen LogP contribution in [0.4, 0.5) is 5.69 Å². The molecule has 7 heteroatoms. The first kappa shape index (κ1) is 19.4. The number of rotatable bonds is 7. The van der Waals surface area contributed by atoms with E-state index in [1.165, 1.54) is 0 Å². The van der Waals surface area contributed by atoms with E-state index in [1.54, 1.807) is 46.8 Å². The van der Waals surface area contributed by atoms with Gasteiger partial charge >= 0.3 is 0 Å². The van der Waals surface area contributed by atoms with Gasteiger partial charge in [-0.25, -0.2) is 12.7 Å². The van der Waals surface area contributed by atoms with E-state index < -0.39 is 10.0 Å². The smallest absolute Gasteiger partial charge is 0.259 e. The lowest BCUT2D eigenvalue weighted by molar-refractivity contribution is 0.102. The van der Waals surface area contributed by atoms with Gasteiger partial charge in [-0.2, -0.15) is 0 Å². The van der Waals surface area contributed by atoms with Crippen molar-refractivity contribution in [1.82, 2.24) is 4.31 Å². The molecule has 144 valence electrons. The molecule has 0 saturated carbocycles. The Kier molecular flexibility index (Phi) is 6.13. The van der Waals surface area contributed by atoms with Crippen molar-refractivity contribution in [2.45, 2.75) is 25.5 Å². The van der Waals surface area contributed by atoms with Crippen LogP contribution < -0.4 is 10.1 Å². The van der Waals surface area contributed by atoms with Crippen LogP contribution >= 0.6 is 0 Å². The molecule has 1 aliphatic rings. The maximum atomic E-state index is 12.5. The number of para-hydroxylation sites is 1. The van der Waals surface area contributed by atoms with Crippen LogP contribution in [0.3, 0.4) is 0 Å². The third kappa shape index (κ3) is 4.87. The van der Waals surface area contributed by atoms with Gasteiger partial charge in [0.15, 0.2) is 0 Å². The van der Waals surface area contributed by atoms with Crippen molar-refractivity contribution < 1.29 is 17.9 Å². The Morgan fingerprint density at radius 3 is 2.41 bits per heavy atom. The normalized spacial score (nSPS) is 14.9. The molecule has 1 aliphatic heterocycles. The molecule has 2 aromatic carbocycles. The third-order valence-electron chi connectivity index (χ3n) is 4.45. The van der Waals surface area contributed by atoms with E-state index in [-0.39, 0.29) is 11.7 Å². The van der Waals surface area contributed by atoms with Crippen LogP contribution in [0.1, 0.15) is 35.7 Å². The topological polar surface area (TPSA) is 75.7 Å².